The van der Waals surface area contributed by atoms with Gasteiger partial charge >= 0.3 is 0 Å². The molecule has 0 unspecified atom stereocenters. The fraction of sp³-hybridized carbons (Fsp3) is 0.500. The van der Waals surface area contributed by atoms with Crippen molar-refractivity contribution in [2.75, 3.05) is 30.3 Å². The molecule has 1 aromatic carbocycles. The molecule has 1 heterocycles. The number of rotatable bonds is 3. The van der Waals surface area contributed by atoms with Crippen LogP contribution in [0.3, 0.4) is 0 Å². The average molecular weight is 222 g/mol. The first-order valence-electron chi connectivity index (χ1n) is 5.61. The highest BCUT2D eigenvalue weighted by molar-refractivity contribution is 5.67. The maximum absolute atomic E-state index is 9.84. The Morgan fingerprint density at radius 3 is 2.88 bits per heavy atom. The summed E-state index contributed by atoms with van der Waals surface area (Å²) in [5.74, 6) is 0. The minimum atomic E-state index is -0.431. The molecule has 88 valence electrons. The second-order valence-corrected chi connectivity index (χ2v) is 4.02. The molecule has 0 radical (unpaired) electrons. The molecule has 4 heteroatoms. The zero-order valence-corrected chi connectivity index (χ0v) is 9.47. The van der Waals surface area contributed by atoms with Crippen LogP contribution in [-0.2, 0) is 4.74 Å². The molecule has 1 aliphatic heterocycles. The summed E-state index contributed by atoms with van der Waals surface area (Å²) in [6.07, 6.45) is -0.538. The first kappa shape index (κ1) is 11.2. The molecule has 0 aromatic heterocycles. The third kappa shape index (κ3) is 2.13. The summed E-state index contributed by atoms with van der Waals surface area (Å²) in [6.45, 7) is 3.84. The van der Waals surface area contributed by atoms with Crippen LogP contribution in [0.5, 0.6) is 0 Å². The summed E-state index contributed by atoms with van der Waals surface area (Å²) in [5.41, 5.74) is 7.62. The fourth-order valence-corrected chi connectivity index (χ4v) is 2.11. The van der Waals surface area contributed by atoms with Crippen LogP contribution in [0.15, 0.2) is 24.3 Å². The first-order chi connectivity index (χ1) is 7.72. The lowest BCUT2D eigenvalue weighted by molar-refractivity contribution is -0.00189. The molecule has 4 nitrogen and oxygen atoms in total. The molecule has 0 saturated carbocycles. The third-order valence-electron chi connectivity index (χ3n) is 2.90. The number of benzene rings is 1. The SMILES string of the molecule is CCO[C@@H]1CN(c2ccccc2N)C[C@H]1O. The van der Waals surface area contributed by atoms with E-state index in [1.54, 1.807) is 0 Å². The van der Waals surface area contributed by atoms with Crippen molar-refractivity contribution >= 4 is 11.4 Å². The molecule has 1 saturated heterocycles. The molecule has 1 aromatic rings. The Bertz CT molecular complexity index is 357. The number of aliphatic hydroxyl groups excluding tert-OH is 1. The quantitative estimate of drug-likeness (QED) is 0.745. The molecule has 3 N–H and O–H groups in total. The second-order valence-electron chi connectivity index (χ2n) is 4.02. The van der Waals surface area contributed by atoms with Crippen molar-refractivity contribution in [3.8, 4) is 0 Å². The van der Waals surface area contributed by atoms with E-state index in [0.717, 1.165) is 11.4 Å². The van der Waals surface area contributed by atoms with Crippen molar-refractivity contribution in [2.24, 2.45) is 0 Å². The number of nitrogens with two attached hydrogens (primary N) is 1. The van der Waals surface area contributed by atoms with Crippen LogP contribution in [0.25, 0.3) is 0 Å². The molecule has 16 heavy (non-hydrogen) atoms. The largest absolute Gasteiger partial charge is 0.397 e. The Balaban J connectivity index is 2.11. The van der Waals surface area contributed by atoms with Gasteiger partial charge < -0.3 is 20.5 Å². The van der Waals surface area contributed by atoms with Gasteiger partial charge in [0.25, 0.3) is 0 Å². The molecule has 1 aliphatic rings. The van der Waals surface area contributed by atoms with Gasteiger partial charge in [-0.1, -0.05) is 12.1 Å². The van der Waals surface area contributed by atoms with Crippen molar-refractivity contribution < 1.29 is 9.84 Å². The molecule has 2 atom stereocenters. The maximum atomic E-state index is 9.84. The molecule has 2 rings (SSSR count). The fourth-order valence-electron chi connectivity index (χ4n) is 2.11. The summed E-state index contributed by atoms with van der Waals surface area (Å²) in [7, 11) is 0. The van der Waals surface area contributed by atoms with E-state index in [9.17, 15) is 5.11 Å². The number of aliphatic hydroxyl groups is 1. The van der Waals surface area contributed by atoms with Crippen LogP contribution in [-0.4, -0.2) is 37.0 Å². The molecule has 0 amide bonds. The minimum Gasteiger partial charge on any atom is -0.397 e. The highest BCUT2D eigenvalue weighted by Gasteiger charge is 2.32. The van der Waals surface area contributed by atoms with Gasteiger partial charge in [-0.2, -0.15) is 0 Å². The van der Waals surface area contributed by atoms with Crippen molar-refractivity contribution in [3.63, 3.8) is 0 Å². The number of nitrogen functional groups attached to an aromatic ring is 1. The van der Waals surface area contributed by atoms with E-state index in [1.165, 1.54) is 0 Å². The molecule has 0 aliphatic carbocycles. The van der Waals surface area contributed by atoms with Gasteiger partial charge in [0.1, 0.15) is 6.10 Å². The van der Waals surface area contributed by atoms with E-state index < -0.39 is 6.10 Å². The number of hydrogen-bond donors (Lipinski definition) is 2. The standard InChI is InChI=1S/C12H18N2O2/c1-2-16-12-8-14(7-11(12)15)10-6-4-3-5-9(10)13/h3-6,11-12,15H,2,7-8,13H2,1H3/t11-,12-/m1/s1. The Morgan fingerprint density at radius 2 is 2.19 bits per heavy atom. The predicted molar refractivity (Wildman–Crippen MR) is 64.5 cm³/mol. The number of β-amino-alcohol motifs (C(OH)–C–C–N with tert-alkyl or cyclic N) is 1. The van der Waals surface area contributed by atoms with Gasteiger partial charge in [0.15, 0.2) is 0 Å². The van der Waals surface area contributed by atoms with Crippen molar-refractivity contribution in [3.05, 3.63) is 24.3 Å². The average Bonchev–Trinajstić information content (AvgIpc) is 2.61. The number of anilines is 2. The van der Waals surface area contributed by atoms with E-state index in [4.69, 9.17) is 10.5 Å². The van der Waals surface area contributed by atoms with Gasteiger partial charge in [-0.3, -0.25) is 0 Å². The van der Waals surface area contributed by atoms with Gasteiger partial charge in [0, 0.05) is 19.7 Å². The Labute approximate surface area is 95.6 Å². The van der Waals surface area contributed by atoms with Gasteiger partial charge in [-0.05, 0) is 19.1 Å². The van der Waals surface area contributed by atoms with E-state index in [1.807, 2.05) is 31.2 Å². The summed E-state index contributed by atoms with van der Waals surface area (Å²) in [4.78, 5) is 2.07. The Morgan fingerprint density at radius 1 is 1.44 bits per heavy atom. The van der Waals surface area contributed by atoms with Gasteiger partial charge in [0.2, 0.25) is 0 Å². The predicted octanol–water partition coefficient (Wildman–Crippen LogP) is 0.855. The van der Waals surface area contributed by atoms with Gasteiger partial charge in [0.05, 0.1) is 17.5 Å². The Kier molecular flexibility index (Phi) is 3.31. The number of hydrogen-bond acceptors (Lipinski definition) is 4. The monoisotopic (exact) mass is 222 g/mol. The van der Waals surface area contributed by atoms with Crippen molar-refractivity contribution in [1.82, 2.24) is 0 Å². The smallest absolute Gasteiger partial charge is 0.102 e. The van der Waals surface area contributed by atoms with Gasteiger partial charge in [-0.15, -0.1) is 0 Å². The highest BCUT2D eigenvalue weighted by atomic mass is 16.5. The topological polar surface area (TPSA) is 58.7 Å². The van der Waals surface area contributed by atoms with E-state index in [2.05, 4.69) is 4.90 Å². The number of nitrogens with zero attached hydrogens (tertiary/aromatic N) is 1. The van der Waals surface area contributed by atoms with Crippen LogP contribution in [0, 0.1) is 0 Å². The summed E-state index contributed by atoms with van der Waals surface area (Å²) in [6, 6.07) is 7.70. The molecule has 0 bridgehead atoms. The van der Waals surface area contributed by atoms with E-state index >= 15 is 0 Å². The molecule has 1 fully saturated rings. The zero-order chi connectivity index (χ0) is 11.5. The Hall–Kier alpha value is -1.26. The molecule has 0 spiro atoms. The molecular weight excluding hydrogens is 204 g/mol. The van der Waals surface area contributed by atoms with E-state index in [0.29, 0.717) is 19.7 Å². The van der Waals surface area contributed by atoms with Gasteiger partial charge in [-0.25, -0.2) is 0 Å². The third-order valence-corrected chi connectivity index (χ3v) is 2.90. The van der Waals surface area contributed by atoms with Crippen LogP contribution >= 0.6 is 0 Å². The lowest BCUT2D eigenvalue weighted by atomic mass is 10.2. The summed E-state index contributed by atoms with van der Waals surface area (Å²) >= 11 is 0. The second kappa shape index (κ2) is 4.72. The molecular formula is C12H18N2O2. The van der Waals surface area contributed by atoms with E-state index in [-0.39, 0.29) is 6.10 Å². The zero-order valence-electron chi connectivity index (χ0n) is 9.47. The minimum absolute atomic E-state index is 0.107. The van der Waals surface area contributed by atoms with Crippen LogP contribution in [0.4, 0.5) is 11.4 Å². The lowest BCUT2D eigenvalue weighted by Crippen LogP contribution is -2.26. The van der Waals surface area contributed by atoms with Crippen molar-refractivity contribution in [1.29, 1.82) is 0 Å². The van der Waals surface area contributed by atoms with Crippen LogP contribution in [0.2, 0.25) is 0 Å². The van der Waals surface area contributed by atoms with Crippen LogP contribution < -0.4 is 10.6 Å². The van der Waals surface area contributed by atoms with Crippen molar-refractivity contribution in [2.45, 2.75) is 19.1 Å². The summed E-state index contributed by atoms with van der Waals surface area (Å²) in [5, 5.41) is 9.84. The number of para-hydroxylation sites is 2. The maximum Gasteiger partial charge on any atom is 0.102 e. The van der Waals surface area contributed by atoms with Crippen LogP contribution in [0.1, 0.15) is 6.92 Å². The lowest BCUT2D eigenvalue weighted by Gasteiger charge is -2.19. The normalized spacial score (nSPS) is 25.0. The summed E-state index contributed by atoms with van der Waals surface area (Å²) < 4.78 is 5.47. The number of ether oxygens (including phenoxy) is 1. The first-order valence-corrected chi connectivity index (χ1v) is 5.61. The highest BCUT2D eigenvalue weighted by Crippen LogP contribution is 2.27.